The van der Waals surface area contributed by atoms with Gasteiger partial charge >= 0.3 is 0 Å². The van der Waals surface area contributed by atoms with Crippen LogP contribution in [0.25, 0.3) is 0 Å². The molecule has 19 heavy (non-hydrogen) atoms. The minimum atomic E-state index is -3.47. The molecule has 6 heteroatoms. The largest absolute Gasteiger partial charge is 0.488 e. The van der Waals surface area contributed by atoms with E-state index in [1.165, 1.54) is 18.4 Å². The Balaban J connectivity index is 2.26. The van der Waals surface area contributed by atoms with Crippen molar-refractivity contribution >= 4 is 10.0 Å². The van der Waals surface area contributed by atoms with Crippen LogP contribution in [-0.2, 0) is 10.0 Å². The van der Waals surface area contributed by atoms with Crippen molar-refractivity contribution in [1.29, 1.82) is 0 Å². The molecular weight excluding hydrogens is 264 g/mol. The molecule has 1 N–H and O–H groups in total. The van der Waals surface area contributed by atoms with Crippen molar-refractivity contribution in [2.45, 2.75) is 23.8 Å². The van der Waals surface area contributed by atoms with E-state index in [0.717, 1.165) is 25.9 Å². The van der Waals surface area contributed by atoms with E-state index in [1.807, 2.05) is 0 Å². The summed E-state index contributed by atoms with van der Waals surface area (Å²) in [6.45, 7) is 1.76. The van der Waals surface area contributed by atoms with E-state index in [2.05, 4.69) is 5.32 Å². The molecule has 0 spiro atoms. The van der Waals surface area contributed by atoms with Crippen LogP contribution in [0.4, 0.5) is 0 Å². The molecule has 1 aromatic carbocycles. The average Bonchev–Trinajstić information content (AvgIpc) is 2.40. The third kappa shape index (κ3) is 3.26. The van der Waals surface area contributed by atoms with Crippen LogP contribution in [0, 0.1) is 0 Å². The van der Waals surface area contributed by atoms with Gasteiger partial charge in [0.15, 0.2) is 0 Å². The summed E-state index contributed by atoms with van der Waals surface area (Å²) in [5.74, 6) is 0.435. The molecule has 1 fully saturated rings. The standard InChI is InChI=1S/C13H20N2O3S/c1-15(2)19(16,17)13-8-4-3-7-12(13)18-11-6-5-9-14-10-11/h3-4,7-8,11,14H,5-6,9-10H2,1-2H3/t11-/m0/s1. The minimum absolute atomic E-state index is 0.0345. The maximum absolute atomic E-state index is 12.2. The number of benzene rings is 1. The van der Waals surface area contributed by atoms with Crippen molar-refractivity contribution in [2.24, 2.45) is 0 Å². The first-order chi connectivity index (χ1) is 9.01. The van der Waals surface area contributed by atoms with Gasteiger partial charge in [0.1, 0.15) is 16.7 Å². The molecular formula is C13H20N2O3S. The SMILES string of the molecule is CN(C)S(=O)(=O)c1ccccc1O[C@H]1CCCNC1. The van der Waals surface area contributed by atoms with Crippen LogP contribution in [0.3, 0.4) is 0 Å². The average molecular weight is 284 g/mol. The zero-order valence-electron chi connectivity index (χ0n) is 11.3. The molecule has 5 nitrogen and oxygen atoms in total. The summed E-state index contributed by atoms with van der Waals surface area (Å²) >= 11 is 0. The molecule has 0 aromatic heterocycles. The van der Waals surface area contributed by atoms with E-state index >= 15 is 0 Å². The topological polar surface area (TPSA) is 58.6 Å². The lowest BCUT2D eigenvalue weighted by molar-refractivity contribution is 0.162. The van der Waals surface area contributed by atoms with Gasteiger partial charge < -0.3 is 10.1 Å². The molecule has 1 saturated heterocycles. The predicted molar refractivity (Wildman–Crippen MR) is 73.8 cm³/mol. The highest BCUT2D eigenvalue weighted by Crippen LogP contribution is 2.27. The smallest absolute Gasteiger partial charge is 0.246 e. The van der Waals surface area contributed by atoms with Crippen LogP contribution in [-0.4, -0.2) is 46.0 Å². The van der Waals surface area contributed by atoms with Gasteiger partial charge in [-0.15, -0.1) is 0 Å². The van der Waals surface area contributed by atoms with E-state index in [9.17, 15) is 8.42 Å². The van der Waals surface area contributed by atoms with Crippen molar-refractivity contribution in [3.05, 3.63) is 24.3 Å². The number of ether oxygens (including phenoxy) is 1. The number of sulfonamides is 1. The summed E-state index contributed by atoms with van der Waals surface area (Å²) in [4.78, 5) is 0.227. The fraction of sp³-hybridized carbons (Fsp3) is 0.538. The lowest BCUT2D eigenvalue weighted by Crippen LogP contribution is -2.37. The van der Waals surface area contributed by atoms with Gasteiger partial charge in [-0.05, 0) is 31.5 Å². The molecule has 106 valence electrons. The van der Waals surface area contributed by atoms with Crippen LogP contribution in [0.5, 0.6) is 5.75 Å². The molecule has 1 heterocycles. The second kappa shape index (κ2) is 5.90. The third-order valence-corrected chi connectivity index (χ3v) is 5.01. The maximum atomic E-state index is 12.2. The van der Waals surface area contributed by atoms with E-state index in [1.54, 1.807) is 24.3 Å². The highest BCUT2D eigenvalue weighted by Gasteiger charge is 2.24. The summed E-state index contributed by atoms with van der Waals surface area (Å²) in [7, 11) is -0.426. The van der Waals surface area contributed by atoms with Crippen molar-refractivity contribution in [3.63, 3.8) is 0 Å². The summed E-state index contributed by atoms with van der Waals surface area (Å²) in [5, 5.41) is 3.25. The molecule has 0 bridgehead atoms. The Morgan fingerprint density at radius 1 is 1.32 bits per heavy atom. The first kappa shape index (κ1) is 14.3. The van der Waals surface area contributed by atoms with Crippen LogP contribution >= 0.6 is 0 Å². The number of nitrogens with one attached hydrogen (secondary N) is 1. The zero-order valence-corrected chi connectivity index (χ0v) is 12.1. The molecule has 0 aliphatic carbocycles. The second-order valence-corrected chi connectivity index (χ2v) is 6.94. The first-order valence-electron chi connectivity index (χ1n) is 6.41. The molecule has 0 amide bonds. The number of rotatable bonds is 4. The molecule has 0 radical (unpaired) electrons. The van der Waals surface area contributed by atoms with Gasteiger partial charge in [0, 0.05) is 20.6 Å². The Labute approximate surface area is 114 Å². The molecule has 2 rings (SSSR count). The molecule has 1 aliphatic heterocycles. The Bertz CT molecular complexity index is 522. The number of para-hydroxylation sites is 1. The Hall–Kier alpha value is -1.11. The van der Waals surface area contributed by atoms with E-state index in [4.69, 9.17) is 4.74 Å². The van der Waals surface area contributed by atoms with Gasteiger partial charge in [0.2, 0.25) is 10.0 Å². The monoisotopic (exact) mass is 284 g/mol. The first-order valence-corrected chi connectivity index (χ1v) is 7.85. The molecule has 0 saturated carbocycles. The number of hydrogen-bond donors (Lipinski definition) is 1. The van der Waals surface area contributed by atoms with Gasteiger partial charge in [-0.1, -0.05) is 12.1 Å². The van der Waals surface area contributed by atoms with Crippen LogP contribution < -0.4 is 10.1 Å². The van der Waals surface area contributed by atoms with Crippen molar-refractivity contribution in [3.8, 4) is 5.75 Å². The number of piperidine rings is 1. The molecule has 1 atom stereocenters. The Morgan fingerprint density at radius 2 is 2.05 bits per heavy atom. The zero-order chi connectivity index (χ0) is 13.9. The van der Waals surface area contributed by atoms with Crippen molar-refractivity contribution < 1.29 is 13.2 Å². The van der Waals surface area contributed by atoms with Gasteiger partial charge in [0.05, 0.1) is 0 Å². The van der Waals surface area contributed by atoms with E-state index < -0.39 is 10.0 Å². The number of hydrogen-bond acceptors (Lipinski definition) is 4. The Kier molecular flexibility index (Phi) is 4.44. The summed E-state index contributed by atoms with van der Waals surface area (Å²) in [6, 6.07) is 6.80. The fourth-order valence-corrected chi connectivity index (χ4v) is 3.07. The summed E-state index contributed by atoms with van der Waals surface area (Å²) in [5.41, 5.74) is 0. The predicted octanol–water partition coefficient (Wildman–Crippen LogP) is 1.07. The third-order valence-electron chi connectivity index (χ3n) is 3.15. The maximum Gasteiger partial charge on any atom is 0.246 e. The number of nitrogens with zero attached hydrogens (tertiary/aromatic N) is 1. The quantitative estimate of drug-likeness (QED) is 0.898. The summed E-state index contributed by atoms with van der Waals surface area (Å²) < 4.78 is 31.5. The van der Waals surface area contributed by atoms with E-state index in [-0.39, 0.29) is 11.0 Å². The lowest BCUT2D eigenvalue weighted by atomic mass is 10.1. The Morgan fingerprint density at radius 3 is 2.68 bits per heavy atom. The molecule has 0 unspecified atom stereocenters. The van der Waals surface area contributed by atoms with Gasteiger partial charge in [-0.3, -0.25) is 0 Å². The second-order valence-electron chi connectivity index (χ2n) is 4.82. The van der Waals surface area contributed by atoms with E-state index in [0.29, 0.717) is 5.75 Å². The highest BCUT2D eigenvalue weighted by molar-refractivity contribution is 7.89. The lowest BCUT2D eigenvalue weighted by Gasteiger charge is -2.25. The van der Waals surface area contributed by atoms with Gasteiger partial charge in [-0.25, -0.2) is 12.7 Å². The van der Waals surface area contributed by atoms with Gasteiger partial charge in [0.25, 0.3) is 0 Å². The normalized spacial score (nSPS) is 20.5. The highest BCUT2D eigenvalue weighted by atomic mass is 32.2. The fourth-order valence-electron chi connectivity index (χ4n) is 2.06. The van der Waals surface area contributed by atoms with Crippen molar-refractivity contribution in [2.75, 3.05) is 27.2 Å². The van der Waals surface area contributed by atoms with Gasteiger partial charge in [-0.2, -0.15) is 0 Å². The molecule has 1 aromatic rings. The molecule has 1 aliphatic rings. The van der Waals surface area contributed by atoms with Crippen LogP contribution in [0.15, 0.2) is 29.2 Å². The minimum Gasteiger partial charge on any atom is -0.488 e. The van der Waals surface area contributed by atoms with Crippen LogP contribution in [0.2, 0.25) is 0 Å². The van der Waals surface area contributed by atoms with Crippen LogP contribution in [0.1, 0.15) is 12.8 Å². The summed E-state index contributed by atoms with van der Waals surface area (Å²) in [6.07, 6.45) is 2.03. The van der Waals surface area contributed by atoms with Crippen molar-refractivity contribution in [1.82, 2.24) is 9.62 Å².